The van der Waals surface area contributed by atoms with Gasteiger partial charge in [-0.2, -0.15) is 5.10 Å². The van der Waals surface area contributed by atoms with Crippen molar-refractivity contribution in [3.8, 4) is 11.3 Å². The minimum Gasteiger partial charge on any atom is -0.338 e. The van der Waals surface area contributed by atoms with E-state index >= 15 is 0 Å². The normalized spacial score (nSPS) is 11.2. The molecule has 1 amide bonds. The maximum Gasteiger partial charge on any atom is 0.248 e. The van der Waals surface area contributed by atoms with Crippen LogP contribution in [0, 0.1) is 0 Å². The first-order valence-electron chi connectivity index (χ1n) is 9.34. The molecular formula is C21H25N7O. The first kappa shape index (κ1) is 20.2. The molecule has 0 fully saturated rings. The molecule has 0 atom stereocenters. The number of rotatable bonds is 8. The van der Waals surface area contributed by atoms with Crippen LogP contribution in [0.5, 0.6) is 0 Å². The van der Waals surface area contributed by atoms with Crippen molar-refractivity contribution in [3.05, 3.63) is 61.2 Å². The number of hydrogen-bond donors (Lipinski definition) is 2. The molecule has 0 radical (unpaired) electrons. The average molecular weight is 391 g/mol. The number of nitrogens with zero attached hydrogens (tertiary/aromatic N) is 5. The van der Waals surface area contributed by atoms with Crippen LogP contribution < -0.4 is 10.6 Å². The molecule has 8 heteroatoms. The third-order valence-electron chi connectivity index (χ3n) is 4.09. The van der Waals surface area contributed by atoms with Gasteiger partial charge in [0, 0.05) is 30.1 Å². The molecule has 8 nitrogen and oxygen atoms in total. The Labute approximate surface area is 170 Å². The average Bonchev–Trinajstić information content (AvgIpc) is 3.14. The Bertz CT molecular complexity index is 994. The molecule has 0 bridgehead atoms. The van der Waals surface area contributed by atoms with Gasteiger partial charge in [-0.3, -0.25) is 9.48 Å². The van der Waals surface area contributed by atoms with E-state index in [1.54, 1.807) is 19.2 Å². The molecule has 3 aromatic rings. The highest BCUT2D eigenvalue weighted by Crippen LogP contribution is 2.23. The van der Waals surface area contributed by atoms with Gasteiger partial charge in [-0.25, -0.2) is 9.97 Å². The number of aromatic nitrogens is 4. The van der Waals surface area contributed by atoms with Crippen LogP contribution >= 0.6 is 0 Å². The number of carbonyl (C=O) groups excluding carboxylic acids is 1. The van der Waals surface area contributed by atoms with E-state index in [1.807, 2.05) is 55.3 Å². The zero-order valence-corrected chi connectivity index (χ0v) is 16.8. The highest BCUT2D eigenvalue weighted by Gasteiger charge is 2.06. The van der Waals surface area contributed by atoms with Gasteiger partial charge in [0.25, 0.3) is 0 Å². The highest BCUT2D eigenvalue weighted by molar-refractivity contribution is 5.99. The predicted octanol–water partition coefficient (Wildman–Crippen LogP) is 3.16. The summed E-state index contributed by atoms with van der Waals surface area (Å²) >= 11 is 0. The number of benzene rings is 1. The van der Waals surface area contributed by atoms with Crippen LogP contribution in [0.2, 0.25) is 0 Å². The first-order valence-corrected chi connectivity index (χ1v) is 9.34. The molecule has 0 spiro atoms. The quantitative estimate of drug-likeness (QED) is 0.574. The van der Waals surface area contributed by atoms with E-state index in [-0.39, 0.29) is 5.91 Å². The van der Waals surface area contributed by atoms with Crippen LogP contribution in [0.1, 0.15) is 6.92 Å². The van der Waals surface area contributed by atoms with Crippen molar-refractivity contribution in [2.45, 2.75) is 13.5 Å². The lowest BCUT2D eigenvalue weighted by atomic mass is 10.1. The second-order valence-electron chi connectivity index (χ2n) is 6.78. The third kappa shape index (κ3) is 5.98. The fourth-order valence-electron chi connectivity index (χ4n) is 2.68. The van der Waals surface area contributed by atoms with E-state index in [9.17, 15) is 4.79 Å². The van der Waals surface area contributed by atoms with Crippen molar-refractivity contribution in [3.63, 3.8) is 0 Å². The minimum absolute atomic E-state index is 0.166. The van der Waals surface area contributed by atoms with Crippen molar-refractivity contribution in [2.75, 3.05) is 31.3 Å². The molecule has 2 heterocycles. The molecule has 0 aliphatic carbocycles. The van der Waals surface area contributed by atoms with Crippen molar-refractivity contribution in [1.29, 1.82) is 0 Å². The van der Waals surface area contributed by atoms with E-state index in [1.165, 1.54) is 12.4 Å². The first-order chi connectivity index (χ1) is 14.0. The number of nitrogens with one attached hydrogen (secondary N) is 2. The summed E-state index contributed by atoms with van der Waals surface area (Å²) in [6.45, 7) is 3.53. The zero-order valence-electron chi connectivity index (χ0n) is 16.8. The van der Waals surface area contributed by atoms with E-state index in [2.05, 4.69) is 30.6 Å². The molecule has 29 heavy (non-hydrogen) atoms. The number of allylic oxidation sites excluding steroid dienone is 1. The molecule has 0 aliphatic heterocycles. The minimum atomic E-state index is -0.166. The van der Waals surface area contributed by atoms with Crippen molar-refractivity contribution < 1.29 is 4.79 Å². The molecule has 2 N–H and O–H groups in total. The van der Waals surface area contributed by atoms with E-state index in [4.69, 9.17) is 0 Å². The second-order valence-corrected chi connectivity index (χ2v) is 6.78. The molecule has 0 aliphatic rings. The van der Waals surface area contributed by atoms with Gasteiger partial charge >= 0.3 is 0 Å². The summed E-state index contributed by atoms with van der Waals surface area (Å²) in [6, 6.07) is 9.41. The summed E-state index contributed by atoms with van der Waals surface area (Å²) in [7, 11) is 4.07. The Morgan fingerprint density at radius 2 is 2.07 bits per heavy atom. The van der Waals surface area contributed by atoms with Crippen molar-refractivity contribution >= 4 is 23.1 Å². The Morgan fingerprint density at radius 1 is 1.21 bits per heavy atom. The molecule has 1 aromatic carbocycles. The summed E-state index contributed by atoms with van der Waals surface area (Å²) in [5, 5.41) is 10.4. The molecule has 0 saturated heterocycles. The fourth-order valence-corrected chi connectivity index (χ4v) is 2.68. The Hall–Kier alpha value is -3.52. The van der Waals surface area contributed by atoms with Crippen LogP contribution in [-0.4, -0.2) is 51.2 Å². The standard InChI is InChI=1S/C21H25N7O/c1-4-6-21(29)26-17-8-5-7-16(11-17)19-12-20(23-15-22-19)25-18-13-24-28(14-18)10-9-27(2)3/h4-8,11-15H,9-10H2,1-3H3,(H,26,29)(H,22,23,25)/b6-4+. The summed E-state index contributed by atoms with van der Waals surface area (Å²) in [6.07, 6.45) is 8.42. The smallest absolute Gasteiger partial charge is 0.248 e. The number of carbonyl (C=O) groups is 1. The van der Waals surface area contributed by atoms with Crippen molar-refractivity contribution in [2.24, 2.45) is 0 Å². The monoisotopic (exact) mass is 391 g/mol. The largest absolute Gasteiger partial charge is 0.338 e. The molecular weight excluding hydrogens is 366 g/mol. The molecule has 0 saturated carbocycles. The van der Waals surface area contributed by atoms with Gasteiger partial charge < -0.3 is 15.5 Å². The lowest BCUT2D eigenvalue weighted by Crippen LogP contribution is -2.18. The summed E-state index contributed by atoms with van der Waals surface area (Å²) < 4.78 is 1.89. The van der Waals surface area contributed by atoms with Gasteiger partial charge in [-0.15, -0.1) is 0 Å². The van der Waals surface area contributed by atoms with E-state index in [0.717, 1.165) is 30.0 Å². The third-order valence-corrected chi connectivity index (χ3v) is 4.09. The number of anilines is 3. The van der Waals surface area contributed by atoms with E-state index in [0.29, 0.717) is 11.5 Å². The second kappa shape index (κ2) is 9.61. The predicted molar refractivity (Wildman–Crippen MR) is 115 cm³/mol. The van der Waals surface area contributed by atoms with Gasteiger partial charge in [0.15, 0.2) is 0 Å². The molecule has 3 rings (SSSR count). The number of hydrogen-bond acceptors (Lipinski definition) is 6. The summed E-state index contributed by atoms with van der Waals surface area (Å²) in [5.74, 6) is 0.506. The fraction of sp³-hybridized carbons (Fsp3) is 0.238. The van der Waals surface area contributed by atoms with Gasteiger partial charge in [-0.1, -0.05) is 18.2 Å². The maximum absolute atomic E-state index is 11.8. The Balaban J connectivity index is 1.72. The van der Waals surface area contributed by atoms with Gasteiger partial charge in [0.05, 0.1) is 24.1 Å². The maximum atomic E-state index is 11.8. The van der Waals surface area contributed by atoms with Crippen LogP contribution in [0.4, 0.5) is 17.2 Å². The summed E-state index contributed by atoms with van der Waals surface area (Å²) in [4.78, 5) is 22.5. The van der Waals surface area contributed by atoms with Gasteiger partial charge in [-0.05, 0) is 39.2 Å². The SMILES string of the molecule is C/C=C/C(=O)Nc1cccc(-c2cc(Nc3cnn(CCN(C)C)c3)ncn2)c1. The van der Waals surface area contributed by atoms with E-state index < -0.39 is 0 Å². The molecule has 150 valence electrons. The van der Waals surface area contributed by atoms with Gasteiger partial charge in [0.1, 0.15) is 12.1 Å². The van der Waals surface area contributed by atoms with Gasteiger partial charge in [0.2, 0.25) is 5.91 Å². The van der Waals surface area contributed by atoms with Crippen LogP contribution in [0.3, 0.4) is 0 Å². The highest BCUT2D eigenvalue weighted by atomic mass is 16.1. The Morgan fingerprint density at radius 3 is 2.86 bits per heavy atom. The zero-order chi connectivity index (χ0) is 20.6. The van der Waals surface area contributed by atoms with Crippen LogP contribution in [0.15, 0.2) is 61.2 Å². The summed E-state index contributed by atoms with van der Waals surface area (Å²) in [5.41, 5.74) is 3.21. The lowest BCUT2D eigenvalue weighted by molar-refractivity contribution is -0.111. The molecule has 2 aromatic heterocycles. The lowest BCUT2D eigenvalue weighted by Gasteiger charge is -2.09. The van der Waals surface area contributed by atoms with Crippen LogP contribution in [0.25, 0.3) is 11.3 Å². The number of likely N-dealkylation sites (N-methyl/N-ethyl adjacent to an activating group) is 1. The molecule has 0 unspecified atom stereocenters. The number of amides is 1. The Kier molecular flexibility index (Phi) is 6.70. The van der Waals surface area contributed by atoms with Crippen molar-refractivity contribution in [1.82, 2.24) is 24.6 Å². The van der Waals surface area contributed by atoms with Crippen LogP contribution in [-0.2, 0) is 11.3 Å². The topological polar surface area (TPSA) is 88.0 Å².